The standard InChI is InChI=1S/C18H21N3O2S/c1-13-11-21-16(23)14(10-19-17(21)24-13)15(22)20-9-5-8-18(12-20)6-3-2-4-7-18/h2-3,10-11H,4-9,12H2,1H3. The van der Waals surface area contributed by atoms with Crippen LogP contribution in [0.2, 0.25) is 0 Å². The van der Waals surface area contributed by atoms with E-state index in [1.165, 1.54) is 28.4 Å². The van der Waals surface area contributed by atoms with Crippen molar-refractivity contribution >= 4 is 22.2 Å². The molecule has 2 aliphatic rings. The van der Waals surface area contributed by atoms with E-state index in [1.54, 1.807) is 6.20 Å². The van der Waals surface area contributed by atoms with Gasteiger partial charge in [-0.1, -0.05) is 12.2 Å². The third kappa shape index (κ3) is 2.59. The van der Waals surface area contributed by atoms with Crippen LogP contribution in [0.5, 0.6) is 0 Å². The molecule has 1 spiro atoms. The van der Waals surface area contributed by atoms with Gasteiger partial charge in [0.1, 0.15) is 5.56 Å². The average Bonchev–Trinajstić information content (AvgIpc) is 2.97. The molecule has 1 saturated heterocycles. The fourth-order valence-corrected chi connectivity index (χ4v) is 4.79. The Hall–Kier alpha value is -1.95. The van der Waals surface area contributed by atoms with Crippen molar-refractivity contribution < 1.29 is 4.79 Å². The molecule has 0 radical (unpaired) electrons. The van der Waals surface area contributed by atoms with Crippen molar-refractivity contribution in [3.05, 3.63) is 45.3 Å². The molecule has 126 valence electrons. The summed E-state index contributed by atoms with van der Waals surface area (Å²) >= 11 is 1.46. The van der Waals surface area contributed by atoms with Gasteiger partial charge in [-0.2, -0.15) is 0 Å². The number of likely N-dealkylation sites (tertiary alicyclic amines) is 1. The Morgan fingerprint density at radius 3 is 3.00 bits per heavy atom. The van der Waals surface area contributed by atoms with Crippen molar-refractivity contribution in [1.29, 1.82) is 0 Å². The second-order valence-electron chi connectivity index (χ2n) is 7.02. The molecule has 0 N–H and O–H groups in total. The summed E-state index contributed by atoms with van der Waals surface area (Å²) in [6.07, 6.45) is 13.1. The van der Waals surface area contributed by atoms with Crippen molar-refractivity contribution in [1.82, 2.24) is 14.3 Å². The number of carbonyl (C=O) groups is 1. The van der Waals surface area contributed by atoms with Crippen LogP contribution in [0.15, 0.2) is 29.3 Å². The molecule has 4 rings (SSSR count). The minimum Gasteiger partial charge on any atom is -0.338 e. The molecular formula is C18H21N3O2S. The van der Waals surface area contributed by atoms with Gasteiger partial charge in [0.15, 0.2) is 4.96 Å². The maximum Gasteiger partial charge on any atom is 0.271 e. The summed E-state index contributed by atoms with van der Waals surface area (Å²) in [5.74, 6) is -0.167. The molecule has 2 aromatic rings. The van der Waals surface area contributed by atoms with Crippen LogP contribution < -0.4 is 5.56 Å². The molecule has 1 aliphatic heterocycles. The van der Waals surface area contributed by atoms with Crippen LogP contribution in [0.4, 0.5) is 0 Å². The second kappa shape index (κ2) is 5.84. The maximum atomic E-state index is 13.0. The third-order valence-electron chi connectivity index (χ3n) is 5.26. The van der Waals surface area contributed by atoms with Crippen molar-refractivity contribution in [2.45, 2.75) is 39.0 Å². The lowest BCUT2D eigenvalue weighted by Gasteiger charge is -2.43. The first-order valence-electron chi connectivity index (χ1n) is 8.50. The van der Waals surface area contributed by atoms with E-state index in [9.17, 15) is 9.59 Å². The van der Waals surface area contributed by atoms with Crippen molar-refractivity contribution in [3.63, 3.8) is 0 Å². The van der Waals surface area contributed by atoms with Crippen LogP contribution in [0.3, 0.4) is 0 Å². The van der Waals surface area contributed by atoms with Gasteiger partial charge in [-0.05, 0) is 44.4 Å². The van der Waals surface area contributed by atoms with E-state index in [1.807, 2.05) is 11.8 Å². The van der Waals surface area contributed by atoms with Crippen LogP contribution >= 0.6 is 11.3 Å². The van der Waals surface area contributed by atoms with Crippen LogP contribution in [-0.2, 0) is 0 Å². The largest absolute Gasteiger partial charge is 0.338 e. The smallest absolute Gasteiger partial charge is 0.271 e. The molecule has 1 amide bonds. The van der Waals surface area contributed by atoms with Crippen molar-refractivity contribution in [2.75, 3.05) is 13.1 Å². The molecule has 1 aliphatic carbocycles. The number of aromatic nitrogens is 2. The van der Waals surface area contributed by atoms with Gasteiger partial charge in [0.2, 0.25) is 0 Å². The second-order valence-corrected chi connectivity index (χ2v) is 8.23. The number of amides is 1. The zero-order chi connectivity index (χ0) is 16.7. The van der Waals surface area contributed by atoms with Crippen LogP contribution in [0.25, 0.3) is 4.96 Å². The highest BCUT2D eigenvalue weighted by atomic mass is 32.1. The Morgan fingerprint density at radius 2 is 2.21 bits per heavy atom. The Bertz CT molecular complexity index is 882. The minimum absolute atomic E-state index is 0.167. The third-order valence-corrected chi connectivity index (χ3v) is 6.17. The Labute approximate surface area is 144 Å². The van der Waals surface area contributed by atoms with Gasteiger partial charge >= 0.3 is 0 Å². The van der Waals surface area contributed by atoms with Gasteiger partial charge in [0.05, 0.1) is 0 Å². The van der Waals surface area contributed by atoms with Gasteiger partial charge in [0.25, 0.3) is 11.5 Å². The summed E-state index contributed by atoms with van der Waals surface area (Å²) in [6.45, 7) is 3.42. The quantitative estimate of drug-likeness (QED) is 0.748. The number of thiazole rings is 1. The lowest BCUT2D eigenvalue weighted by Crippen LogP contribution is -2.47. The molecule has 6 heteroatoms. The van der Waals surface area contributed by atoms with E-state index < -0.39 is 0 Å². The first-order valence-corrected chi connectivity index (χ1v) is 9.32. The highest BCUT2D eigenvalue weighted by Crippen LogP contribution is 2.40. The summed E-state index contributed by atoms with van der Waals surface area (Å²) in [6, 6.07) is 0. The number of nitrogens with zero attached hydrogens (tertiary/aromatic N) is 3. The van der Waals surface area contributed by atoms with Gasteiger partial charge in [-0.3, -0.25) is 14.0 Å². The van der Waals surface area contributed by atoms with E-state index in [2.05, 4.69) is 17.1 Å². The molecule has 2 aromatic heterocycles. The molecular weight excluding hydrogens is 322 g/mol. The van der Waals surface area contributed by atoms with Crippen molar-refractivity contribution in [2.24, 2.45) is 5.41 Å². The minimum atomic E-state index is -0.252. The molecule has 1 atom stereocenters. The molecule has 0 bridgehead atoms. The number of carbonyl (C=O) groups excluding carboxylic acids is 1. The zero-order valence-corrected chi connectivity index (χ0v) is 14.6. The predicted molar refractivity (Wildman–Crippen MR) is 94.6 cm³/mol. The predicted octanol–water partition coefficient (Wildman–Crippen LogP) is 3.03. The summed E-state index contributed by atoms with van der Waals surface area (Å²) < 4.78 is 1.50. The van der Waals surface area contributed by atoms with Crippen LogP contribution in [0.1, 0.15) is 47.3 Å². The fourth-order valence-electron chi connectivity index (χ4n) is 4.01. The molecule has 1 fully saturated rings. The Morgan fingerprint density at radius 1 is 1.33 bits per heavy atom. The average molecular weight is 343 g/mol. The molecule has 0 aromatic carbocycles. The van der Waals surface area contributed by atoms with Gasteiger partial charge < -0.3 is 4.90 Å². The molecule has 24 heavy (non-hydrogen) atoms. The monoisotopic (exact) mass is 343 g/mol. The molecule has 1 unspecified atom stereocenters. The first kappa shape index (κ1) is 15.6. The lowest BCUT2D eigenvalue weighted by molar-refractivity contribution is 0.0482. The SMILES string of the molecule is Cc1cn2c(=O)c(C(=O)N3CCCC4(CC=CCC4)C3)cnc2s1. The Balaban J connectivity index is 1.64. The summed E-state index contributed by atoms with van der Waals surface area (Å²) in [5, 5.41) is 0. The zero-order valence-electron chi connectivity index (χ0n) is 13.8. The number of fused-ring (bicyclic) bond motifs is 1. The summed E-state index contributed by atoms with van der Waals surface area (Å²) in [7, 11) is 0. The van der Waals surface area contributed by atoms with Gasteiger partial charge in [0, 0.05) is 30.4 Å². The topological polar surface area (TPSA) is 54.7 Å². The van der Waals surface area contributed by atoms with E-state index in [4.69, 9.17) is 0 Å². The number of rotatable bonds is 1. The van der Waals surface area contributed by atoms with E-state index >= 15 is 0 Å². The summed E-state index contributed by atoms with van der Waals surface area (Å²) in [4.78, 5) is 33.4. The van der Waals surface area contributed by atoms with E-state index in [0.717, 1.165) is 43.6 Å². The number of allylic oxidation sites excluding steroid dienone is 2. The highest BCUT2D eigenvalue weighted by molar-refractivity contribution is 7.16. The fraction of sp³-hybridized carbons (Fsp3) is 0.500. The number of piperidine rings is 1. The normalized spacial score (nSPS) is 24.0. The van der Waals surface area contributed by atoms with Crippen LogP contribution in [0, 0.1) is 12.3 Å². The lowest BCUT2D eigenvalue weighted by atomic mass is 9.71. The molecule has 3 heterocycles. The number of hydrogen-bond donors (Lipinski definition) is 0. The van der Waals surface area contributed by atoms with Gasteiger partial charge in [-0.15, -0.1) is 11.3 Å². The number of hydrogen-bond acceptors (Lipinski definition) is 4. The Kier molecular flexibility index (Phi) is 3.79. The maximum absolute atomic E-state index is 13.0. The molecule has 5 nitrogen and oxygen atoms in total. The van der Waals surface area contributed by atoms with E-state index in [0.29, 0.717) is 4.96 Å². The van der Waals surface area contributed by atoms with Crippen LogP contribution in [-0.4, -0.2) is 33.3 Å². The van der Waals surface area contributed by atoms with Gasteiger partial charge in [-0.25, -0.2) is 4.98 Å². The number of aryl methyl sites for hydroxylation is 1. The highest BCUT2D eigenvalue weighted by Gasteiger charge is 2.37. The molecule has 0 saturated carbocycles. The first-order chi connectivity index (χ1) is 11.6. The van der Waals surface area contributed by atoms with Crippen molar-refractivity contribution in [3.8, 4) is 0 Å². The summed E-state index contributed by atoms with van der Waals surface area (Å²) in [5.41, 5.74) is 0.140. The van der Waals surface area contributed by atoms with E-state index in [-0.39, 0.29) is 22.4 Å².